The highest BCUT2D eigenvalue weighted by molar-refractivity contribution is 9.10. The number of hydrogen-bond acceptors (Lipinski definition) is 12. The van der Waals surface area contributed by atoms with Gasteiger partial charge in [0.05, 0.1) is 73.3 Å². The summed E-state index contributed by atoms with van der Waals surface area (Å²) in [7, 11) is 0. The van der Waals surface area contributed by atoms with Crippen LogP contribution in [0, 0.1) is 12.7 Å². The van der Waals surface area contributed by atoms with E-state index >= 15 is 0 Å². The van der Waals surface area contributed by atoms with Crippen molar-refractivity contribution in [3.05, 3.63) is 106 Å². The van der Waals surface area contributed by atoms with Gasteiger partial charge in [-0.3, -0.25) is 9.78 Å². The second-order valence-electron chi connectivity index (χ2n) is 17.6. The zero-order valence-electron chi connectivity index (χ0n) is 35.7. The van der Waals surface area contributed by atoms with Gasteiger partial charge >= 0.3 is 6.09 Å². The third-order valence-electron chi connectivity index (χ3n) is 11.9. The van der Waals surface area contributed by atoms with Crippen molar-refractivity contribution >= 4 is 61.6 Å². The Morgan fingerprint density at radius 3 is 2.31 bits per heavy atom. The van der Waals surface area contributed by atoms with Crippen LogP contribution in [0.5, 0.6) is 0 Å². The van der Waals surface area contributed by atoms with E-state index in [1.807, 2.05) is 43.3 Å². The van der Waals surface area contributed by atoms with Crippen LogP contribution in [0.3, 0.4) is 0 Å². The number of aromatic nitrogens is 2. The summed E-state index contributed by atoms with van der Waals surface area (Å²) in [6, 6.07) is 21.9. The number of imide groups is 1. The number of amides is 2. The fourth-order valence-electron chi connectivity index (χ4n) is 8.60. The van der Waals surface area contributed by atoms with Crippen molar-refractivity contribution in [2.24, 2.45) is 0 Å². The lowest BCUT2D eigenvalue weighted by Crippen LogP contribution is -2.55. The number of carbonyl (C=O) groups is 2. The highest BCUT2D eigenvalue weighted by atomic mass is 79.9. The fourth-order valence-corrected chi connectivity index (χ4v) is 8.95. The second kappa shape index (κ2) is 16.6. The lowest BCUT2D eigenvalue weighted by atomic mass is 9.82. The molecule has 0 radical (unpaired) electrons. The molecule has 2 amide bonds. The van der Waals surface area contributed by atoms with Crippen LogP contribution in [0.2, 0.25) is 0 Å². The summed E-state index contributed by atoms with van der Waals surface area (Å²) in [4.78, 5) is 40.8. The minimum atomic E-state index is -1.04. The Morgan fingerprint density at radius 2 is 1.65 bits per heavy atom. The number of morpholine rings is 1. The summed E-state index contributed by atoms with van der Waals surface area (Å²) in [6.07, 6.45) is 1.02. The molecule has 3 aromatic carbocycles. The lowest BCUT2D eigenvalue weighted by molar-refractivity contribution is -0.264. The monoisotopic (exact) mass is 911 g/mol. The van der Waals surface area contributed by atoms with E-state index in [9.17, 15) is 24.2 Å². The van der Waals surface area contributed by atoms with Crippen molar-refractivity contribution in [2.75, 3.05) is 74.0 Å². The second-order valence-corrected chi connectivity index (χ2v) is 18.6. The van der Waals surface area contributed by atoms with E-state index in [0.29, 0.717) is 47.9 Å². The molecule has 2 saturated heterocycles. The summed E-state index contributed by atoms with van der Waals surface area (Å²) in [5, 5.41) is 21.8. The first-order valence-electron chi connectivity index (χ1n) is 20.6. The summed E-state index contributed by atoms with van der Waals surface area (Å²) < 4.78 is 37.6. The molecule has 4 aliphatic heterocycles. The number of hydrogen-bond donors (Lipinski definition) is 2. The zero-order chi connectivity index (χ0) is 44.2. The highest BCUT2D eigenvalue weighted by Gasteiger charge is 2.57. The third-order valence-corrected chi connectivity index (χ3v) is 12.4. The number of fused-ring (bicyclic) bond motifs is 4. The normalized spacial score (nSPS) is 18.7. The van der Waals surface area contributed by atoms with E-state index in [0.717, 1.165) is 56.0 Å². The van der Waals surface area contributed by atoms with Gasteiger partial charge in [-0.2, -0.15) is 0 Å². The van der Waals surface area contributed by atoms with Crippen LogP contribution in [0.15, 0.2) is 83.5 Å². The lowest BCUT2D eigenvalue weighted by Gasteiger charge is -2.40. The van der Waals surface area contributed by atoms with Gasteiger partial charge < -0.3 is 39.0 Å². The van der Waals surface area contributed by atoms with E-state index in [2.05, 4.69) is 42.8 Å². The Balaban J connectivity index is 0.000000185. The van der Waals surface area contributed by atoms with Gasteiger partial charge in [-0.05, 0) is 101 Å². The molecule has 4 aliphatic rings. The molecule has 1 spiro atoms. The quantitative estimate of drug-likeness (QED) is 0.178. The molecule has 62 heavy (non-hydrogen) atoms. The SMILES string of the molecule is CC(C)(C)OC(=O)N1C(=O)C2(COC(C)(C)OC2)c2ccc(Br)cc21.Cc1c(-c2ccccn2)nc2cc(F)ccc2c1N1CC(CO)(CO)c2ccc(N3CCOCC3)cc21. The van der Waals surface area contributed by atoms with Crippen molar-refractivity contribution in [1.29, 1.82) is 0 Å². The Morgan fingerprint density at radius 1 is 0.935 bits per heavy atom. The van der Waals surface area contributed by atoms with E-state index in [4.69, 9.17) is 23.9 Å². The standard InChI is InChI=1S/C29H29FN4O3.C18H22BrNO5/c1-19-27(24-4-2-3-9-31-24)32-25-14-20(30)5-7-22(25)28(19)34-16-29(17-35,18-36)23-8-6-21(15-26(23)34)33-10-12-37-13-11-33;1-16(2,3)25-15(22)20-13-8-11(19)6-7-12(13)18(14(20)21)9-23-17(4,5)24-10-18/h2-9,14-15,35-36H,10-13,16-18H2,1H3;6-8H,9-10H2,1-5H3. The first-order chi connectivity index (χ1) is 29.5. The number of rotatable bonds is 5. The molecule has 15 heteroatoms. The van der Waals surface area contributed by atoms with Crippen LogP contribution in [0.1, 0.15) is 51.3 Å². The number of aliphatic hydroxyl groups is 2. The number of benzene rings is 3. The molecule has 9 rings (SSSR count). The van der Waals surface area contributed by atoms with Gasteiger partial charge in [0, 0.05) is 58.7 Å². The maximum atomic E-state index is 14.4. The summed E-state index contributed by atoms with van der Waals surface area (Å²) in [5.74, 6) is -1.51. The number of ether oxygens (including phenoxy) is 4. The minimum Gasteiger partial charge on any atom is -0.443 e. The zero-order valence-corrected chi connectivity index (χ0v) is 37.3. The average molecular weight is 913 g/mol. The molecule has 0 unspecified atom stereocenters. The summed E-state index contributed by atoms with van der Waals surface area (Å²) >= 11 is 3.40. The minimum absolute atomic E-state index is 0.146. The van der Waals surface area contributed by atoms with Gasteiger partial charge in [-0.25, -0.2) is 19.1 Å². The number of halogens is 2. The van der Waals surface area contributed by atoms with Gasteiger partial charge in [0.25, 0.3) is 5.91 Å². The predicted molar refractivity (Wildman–Crippen MR) is 238 cm³/mol. The predicted octanol–water partition coefficient (Wildman–Crippen LogP) is 7.71. The average Bonchev–Trinajstić information content (AvgIpc) is 3.70. The van der Waals surface area contributed by atoms with Crippen molar-refractivity contribution < 1.29 is 43.1 Å². The third kappa shape index (κ3) is 7.94. The number of carbonyl (C=O) groups excluding carboxylic acids is 2. The highest BCUT2D eigenvalue weighted by Crippen LogP contribution is 2.50. The Hall–Kier alpha value is -5.03. The van der Waals surface area contributed by atoms with Crippen LogP contribution >= 0.6 is 15.9 Å². The molecular weight excluding hydrogens is 861 g/mol. The maximum absolute atomic E-state index is 14.4. The van der Waals surface area contributed by atoms with Crippen LogP contribution in [0.4, 0.5) is 31.9 Å². The largest absolute Gasteiger partial charge is 0.443 e. The molecule has 326 valence electrons. The van der Waals surface area contributed by atoms with Crippen molar-refractivity contribution in [2.45, 2.75) is 63.8 Å². The smallest absolute Gasteiger partial charge is 0.421 e. The number of anilines is 4. The number of nitrogens with zero attached hydrogens (tertiary/aromatic N) is 5. The van der Waals surface area contributed by atoms with E-state index < -0.39 is 28.3 Å². The molecule has 2 aromatic heterocycles. The molecular formula is C47H51BrFN5O8. The van der Waals surface area contributed by atoms with E-state index in [1.54, 1.807) is 52.9 Å². The van der Waals surface area contributed by atoms with Gasteiger partial charge in [0.1, 0.15) is 16.8 Å². The van der Waals surface area contributed by atoms with Gasteiger partial charge in [0.15, 0.2) is 5.79 Å². The van der Waals surface area contributed by atoms with Crippen LogP contribution in [-0.4, -0.2) is 103 Å². The van der Waals surface area contributed by atoms with Crippen LogP contribution in [0.25, 0.3) is 22.3 Å². The molecule has 6 heterocycles. The number of pyridine rings is 2. The molecule has 0 aliphatic carbocycles. The van der Waals surface area contributed by atoms with Crippen molar-refractivity contribution in [3.8, 4) is 11.4 Å². The molecule has 0 bridgehead atoms. The Bertz CT molecular complexity index is 2510. The number of aliphatic hydroxyl groups excluding tert-OH is 2. The molecule has 2 N–H and O–H groups in total. The summed E-state index contributed by atoms with van der Waals surface area (Å²) in [6.45, 7) is 14.1. The van der Waals surface area contributed by atoms with E-state index in [-0.39, 0.29) is 38.2 Å². The summed E-state index contributed by atoms with van der Waals surface area (Å²) in [5.41, 5.74) is 5.15. The van der Waals surface area contributed by atoms with Crippen molar-refractivity contribution in [1.82, 2.24) is 9.97 Å². The van der Waals surface area contributed by atoms with Gasteiger partial charge in [-0.1, -0.05) is 34.1 Å². The Kier molecular flexibility index (Phi) is 11.7. The van der Waals surface area contributed by atoms with E-state index in [1.165, 1.54) is 12.1 Å². The van der Waals surface area contributed by atoms with Crippen molar-refractivity contribution in [3.63, 3.8) is 0 Å². The van der Waals surface area contributed by atoms with Gasteiger partial charge in [-0.15, -0.1) is 0 Å². The Labute approximate surface area is 368 Å². The van der Waals surface area contributed by atoms with Crippen LogP contribution < -0.4 is 14.7 Å². The molecule has 5 aromatic rings. The molecule has 0 atom stereocenters. The van der Waals surface area contributed by atoms with Crippen LogP contribution in [-0.2, 0) is 34.6 Å². The maximum Gasteiger partial charge on any atom is 0.421 e. The fraction of sp³-hybridized carbons (Fsp3) is 0.404. The van der Waals surface area contributed by atoms with Gasteiger partial charge in [0.2, 0.25) is 0 Å². The molecule has 13 nitrogen and oxygen atoms in total. The molecule has 0 saturated carbocycles. The topological polar surface area (TPSA) is 147 Å². The first kappa shape index (κ1) is 43.6. The first-order valence-corrected chi connectivity index (χ1v) is 21.4. The molecule has 2 fully saturated rings.